The summed E-state index contributed by atoms with van der Waals surface area (Å²) in [6, 6.07) is 9.44. The zero-order chi connectivity index (χ0) is 14.7. The van der Waals surface area contributed by atoms with E-state index in [0.29, 0.717) is 22.1 Å². The lowest BCUT2D eigenvalue weighted by atomic mass is 10.2. The molecule has 1 aromatic heterocycles. The number of hydrogen-bond donors (Lipinski definition) is 1. The van der Waals surface area contributed by atoms with E-state index in [1.165, 1.54) is 18.4 Å². The number of carbonyl (C=O) groups excluding carboxylic acids is 1. The van der Waals surface area contributed by atoms with Crippen LogP contribution in [0.5, 0.6) is 0 Å². The van der Waals surface area contributed by atoms with Crippen molar-refractivity contribution in [2.75, 3.05) is 24.8 Å². The van der Waals surface area contributed by atoms with Gasteiger partial charge in [0.15, 0.2) is 0 Å². The van der Waals surface area contributed by atoms with E-state index in [1.807, 2.05) is 36.2 Å². The number of carbonyl (C=O) groups is 1. The number of nitrogen functional groups attached to an aromatic ring is 1. The second-order valence-corrected chi connectivity index (χ2v) is 5.81. The Labute approximate surface area is 126 Å². The van der Waals surface area contributed by atoms with Crippen LogP contribution in [0.3, 0.4) is 0 Å². The molecule has 2 rings (SSSR count). The smallest absolute Gasteiger partial charge is 0.350 e. The van der Waals surface area contributed by atoms with Crippen LogP contribution in [0.2, 0.25) is 5.02 Å². The quantitative estimate of drug-likeness (QED) is 0.879. The van der Waals surface area contributed by atoms with Crippen molar-refractivity contribution < 1.29 is 9.53 Å². The maximum Gasteiger partial charge on any atom is 0.350 e. The van der Waals surface area contributed by atoms with Crippen molar-refractivity contribution in [3.8, 4) is 0 Å². The molecule has 0 atom stereocenters. The molecule has 2 aromatic rings. The Morgan fingerprint density at radius 3 is 2.85 bits per heavy atom. The average Bonchev–Trinajstić information content (AvgIpc) is 2.80. The summed E-state index contributed by atoms with van der Waals surface area (Å²) in [5.74, 6) is -0.407. The molecule has 0 aliphatic carbocycles. The number of anilines is 2. The summed E-state index contributed by atoms with van der Waals surface area (Å²) in [4.78, 5) is 14.0. The maximum atomic E-state index is 11.5. The minimum atomic E-state index is -0.407. The molecule has 0 unspecified atom stereocenters. The molecule has 0 amide bonds. The van der Waals surface area contributed by atoms with E-state index in [-0.39, 0.29) is 0 Å². The number of methoxy groups -OCH3 is 1. The van der Waals surface area contributed by atoms with Gasteiger partial charge in [0, 0.05) is 18.6 Å². The highest BCUT2D eigenvalue weighted by molar-refractivity contribution is 7.18. The van der Waals surface area contributed by atoms with E-state index < -0.39 is 5.97 Å². The number of hydrogen-bond acceptors (Lipinski definition) is 5. The lowest BCUT2D eigenvalue weighted by Gasteiger charge is -2.17. The van der Waals surface area contributed by atoms with Crippen LogP contribution in [0.25, 0.3) is 0 Å². The van der Waals surface area contributed by atoms with Crippen LogP contribution in [-0.4, -0.2) is 20.1 Å². The van der Waals surface area contributed by atoms with Gasteiger partial charge in [-0.3, -0.25) is 0 Å². The topological polar surface area (TPSA) is 55.6 Å². The van der Waals surface area contributed by atoms with Gasteiger partial charge in [0.05, 0.1) is 17.8 Å². The summed E-state index contributed by atoms with van der Waals surface area (Å²) in [6.45, 7) is 0.682. The first-order chi connectivity index (χ1) is 9.51. The van der Waals surface area contributed by atoms with Gasteiger partial charge in [0.1, 0.15) is 4.88 Å². The molecule has 0 fully saturated rings. The van der Waals surface area contributed by atoms with Gasteiger partial charge >= 0.3 is 5.97 Å². The minimum Gasteiger partial charge on any atom is -0.465 e. The van der Waals surface area contributed by atoms with Gasteiger partial charge in [0.2, 0.25) is 0 Å². The van der Waals surface area contributed by atoms with Crippen molar-refractivity contribution in [3.05, 3.63) is 45.8 Å². The van der Waals surface area contributed by atoms with Crippen LogP contribution in [0, 0.1) is 0 Å². The molecule has 106 valence electrons. The van der Waals surface area contributed by atoms with E-state index in [0.717, 1.165) is 10.6 Å². The molecule has 0 radical (unpaired) electrons. The minimum absolute atomic E-state index is 0.407. The molecule has 0 aliphatic heterocycles. The van der Waals surface area contributed by atoms with Crippen molar-refractivity contribution >= 4 is 39.6 Å². The molecule has 1 heterocycles. The predicted octanol–water partition coefficient (Wildman–Crippen LogP) is 3.41. The van der Waals surface area contributed by atoms with Gasteiger partial charge in [-0.25, -0.2) is 4.79 Å². The molecule has 0 saturated carbocycles. The zero-order valence-corrected chi connectivity index (χ0v) is 12.8. The number of esters is 1. The van der Waals surface area contributed by atoms with Gasteiger partial charge in [-0.05, 0) is 23.8 Å². The lowest BCUT2D eigenvalue weighted by Crippen LogP contribution is -2.14. The summed E-state index contributed by atoms with van der Waals surface area (Å²) in [6.07, 6.45) is 0. The zero-order valence-electron chi connectivity index (χ0n) is 11.2. The molecule has 0 saturated heterocycles. The normalized spacial score (nSPS) is 10.3. The standard InChI is InChI=1S/C14H15ClN2O2S/c1-17(8-9-4-3-5-10(15)6-9)12-7-11(16)13(20-12)14(18)19-2/h3-7H,8,16H2,1-2H3. The van der Waals surface area contributed by atoms with Crippen LogP contribution in [0.1, 0.15) is 15.2 Å². The second-order valence-electron chi connectivity index (χ2n) is 4.35. The number of rotatable bonds is 4. The van der Waals surface area contributed by atoms with Gasteiger partial charge in [0.25, 0.3) is 0 Å². The highest BCUT2D eigenvalue weighted by Gasteiger charge is 2.16. The van der Waals surface area contributed by atoms with Crippen molar-refractivity contribution in [1.29, 1.82) is 0 Å². The third-order valence-corrected chi connectivity index (χ3v) is 4.28. The Kier molecular flexibility index (Phi) is 4.52. The number of ether oxygens (including phenoxy) is 1. The fraction of sp³-hybridized carbons (Fsp3) is 0.214. The first-order valence-corrected chi connectivity index (χ1v) is 7.14. The molecule has 1 aromatic carbocycles. The largest absolute Gasteiger partial charge is 0.465 e. The number of benzene rings is 1. The van der Waals surface area contributed by atoms with Gasteiger partial charge < -0.3 is 15.4 Å². The Bertz CT molecular complexity index is 627. The van der Waals surface area contributed by atoms with Crippen molar-refractivity contribution in [2.24, 2.45) is 0 Å². The first kappa shape index (κ1) is 14.7. The van der Waals surface area contributed by atoms with E-state index >= 15 is 0 Å². The Balaban J connectivity index is 2.17. The molecule has 4 nitrogen and oxygen atoms in total. The fourth-order valence-corrected chi connectivity index (χ4v) is 2.99. The highest BCUT2D eigenvalue weighted by Crippen LogP contribution is 2.32. The second kappa shape index (κ2) is 6.15. The highest BCUT2D eigenvalue weighted by atomic mass is 35.5. The number of halogens is 1. The monoisotopic (exact) mass is 310 g/mol. The molecule has 6 heteroatoms. The molecule has 0 bridgehead atoms. The summed E-state index contributed by atoms with van der Waals surface area (Å²) >= 11 is 7.28. The van der Waals surface area contributed by atoms with Gasteiger partial charge in [-0.1, -0.05) is 23.7 Å². The molecule has 0 spiro atoms. The van der Waals surface area contributed by atoms with Crippen LogP contribution in [0.4, 0.5) is 10.7 Å². The summed E-state index contributed by atoms with van der Waals surface area (Å²) in [7, 11) is 3.28. The van der Waals surface area contributed by atoms with E-state index in [9.17, 15) is 4.79 Å². The lowest BCUT2D eigenvalue weighted by molar-refractivity contribution is 0.0607. The third-order valence-electron chi connectivity index (χ3n) is 2.80. The van der Waals surface area contributed by atoms with E-state index in [2.05, 4.69) is 0 Å². The molecule has 0 aliphatic rings. The van der Waals surface area contributed by atoms with Crippen LogP contribution in [-0.2, 0) is 11.3 Å². The number of thiophene rings is 1. The Morgan fingerprint density at radius 1 is 1.45 bits per heavy atom. The van der Waals surface area contributed by atoms with Crippen LogP contribution in [0.15, 0.2) is 30.3 Å². The molecular formula is C14H15ClN2O2S. The summed E-state index contributed by atoms with van der Waals surface area (Å²) in [5, 5.41) is 1.61. The third kappa shape index (κ3) is 3.23. The molecule has 20 heavy (non-hydrogen) atoms. The van der Waals surface area contributed by atoms with E-state index in [1.54, 1.807) is 6.07 Å². The van der Waals surface area contributed by atoms with Crippen molar-refractivity contribution in [1.82, 2.24) is 0 Å². The average molecular weight is 311 g/mol. The number of nitrogens with two attached hydrogens (primary N) is 1. The Morgan fingerprint density at radius 2 is 2.20 bits per heavy atom. The SMILES string of the molecule is COC(=O)c1sc(N(C)Cc2cccc(Cl)c2)cc1N. The van der Waals surface area contributed by atoms with Gasteiger partial charge in [-0.15, -0.1) is 11.3 Å². The van der Waals surface area contributed by atoms with Crippen LogP contribution < -0.4 is 10.6 Å². The van der Waals surface area contributed by atoms with Gasteiger partial charge in [-0.2, -0.15) is 0 Å². The molecular weight excluding hydrogens is 296 g/mol. The van der Waals surface area contributed by atoms with E-state index in [4.69, 9.17) is 22.1 Å². The maximum absolute atomic E-state index is 11.5. The van der Waals surface area contributed by atoms with Crippen LogP contribution >= 0.6 is 22.9 Å². The summed E-state index contributed by atoms with van der Waals surface area (Å²) in [5.41, 5.74) is 7.36. The van der Waals surface area contributed by atoms with Crippen molar-refractivity contribution in [2.45, 2.75) is 6.54 Å². The Hall–Kier alpha value is -1.72. The molecule has 2 N–H and O–H groups in total. The van der Waals surface area contributed by atoms with Crippen molar-refractivity contribution in [3.63, 3.8) is 0 Å². The fourth-order valence-electron chi connectivity index (χ4n) is 1.82. The first-order valence-electron chi connectivity index (χ1n) is 5.94. The number of nitrogens with zero attached hydrogens (tertiary/aromatic N) is 1. The summed E-state index contributed by atoms with van der Waals surface area (Å²) < 4.78 is 4.70. The predicted molar refractivity (Wildman–Crippen MR) is 83.6 cm³/mol.